The lowest BCUT2D eigenvalue weighted by molar-refractivity contribution is -0.145. The summed E-state index contributed by atoms with van der Waals surface area (Å²) in [5, 5.41) is 3.26. The number of carbonyl (C=O) groups excluding carboxylic acids is 2. The van der Waals surface area contributed by atoms with Gasteiger partial charge in [-0.3, -0.25) is 9.59 Å². The lowest BCUT2D eigenvalue weighted by atomic mass is 9.93. The van der Waals surface area contributed by atoms with Crippen LogP contribution in [0.3, 0.4) is 0 Å². The van der Waals surface area contributed by atoms with Crippen molar-refractivity contribution in [2.24, 2.45) is 5.92 Å². The molecule has 7 heteroatoms. The van der Waals surface area contributed by atoms with Crippen LogP contribution in [0.5, 0.6) is 0 Å². The number of nitrogens with one attached hydrogen (secondary N) is 1. The number of piperidine rings is 2. The Bertz CT molecular complexity index is 435. The summed E-state index contributed by atoms with van der Waals surface area (Å²) in [6, 6.07) is -0.238. The van der Waals surface area contributed by atoms with E-state index in [0.29, 0.717) is 25.6 Å². The van der Waals surface area contributed by atoms with E-state index in [0.717, 1.165) is 45.3 Å². The Morgan fingerprint density at radius 2 is 1.58 bits per heavy atom. The highest BCUT2D eigenvalue weighted by molar-refractivity contribution is 5.85. The summed E-state index contributed by atoms with van der Waals surface area (Å²) in [5.74, 6) is 0.538. The van der Waals surface area contributed by atoms with E-state index in [2.05, 4.69) is 5.32 Å². The summed E-state index contributed by atoms with van der Waals surface area (Å²) in [6.45, 7) is 6.54. The zero-order chi connectivity index (χ0) is 16.2. The van der Waals surface area contributed by atoms with Crippen molar-refractivity contribution >= 4 is 24.2 Å². The normalized spacial score (nSPS) is 29.0. The van der Waals surface area contributed by atoms with E-state index < -0.39 is 0 Å². The molecule has 3 aliphatic rings. The highest BCUT2D eigenvalue weighted by Gasteiger charge is 2.35. The summed E-state index contributed by atoms with van der Waals surface area (Å²) < 4.78 is 5.57. The van der Waals surface area contributed by atoms with Crippen LogP contribution in [0.2, 0.25) is 0 Å². The molecule has 0 radical (unpaired) electrons. The maximum atomic E-state index is 12.6. The molecule has 3 saturated heterocycles. The minimum Gasteiger partial charge on any atom is -0.375 e. The standard InChI is InChI=1S/C17H29N3O3.ClH/c1-13-15(18-7-12-23-13)17(22)20-10-5-14(6-11-20)16(21)19-8-3-2-4-9-19;/h13-15,18H,2-12H2,1H3;1H/t13-,15+;/m1./s1. The van der Waals surface area contributed by atoms with Gasteiger partial charge < -0.3 is 19.9 Å². The van der Waals surface area contributed by atoms with Crippen molar-refractivity contribution in [1.82, 2.24) is 15.1 Å². The number of halogens is 1. The van der Waals surface area contributed by atoms with Gasteiger partial charge in [0.15, 0.2) is 0 Å². The fourth-order valence-corrected chi connectivity index (χ4v) is 3.93. The van der Waals surface area contributed by atoms with Gasteiger partial charge in [-0.1, -0.05) is 0 Å². The molecule has 0 aliphatic carbocycles. The summed E-state index contributed by atoms with van der Waals surface area (Å²) in [7, 11) is 0. The number of hydrogen-bond acceptors (Lipinski definition) is 4. The lowest BCUT2D eigenvalue weighted by Gasteiger charge is -2.38. The van der Waals surface area contributed by atoms with Crippen molar-refractivity contribution in [3.05, 3.63) is 0 Å². The summed E-state index contributed by atoms with van der Waals surface area (Å²) in [4.78, 5) is 29.1. The van der Waals surface area contributed by atoms with Crippen molar-refractivity contribution in [1.29, 1.82) is 0 Å². The minimum absolute atomic E-state index is 0. The van der Waals surface area contributed by atoms with Gasteiger partial charge in [-0.2, -0.15) is 0 Å². The highest BCUT2D eigenvalue weighted by atomic mass is 35.5. The fourth-order valence-electron chi connectivity index (χ4n) is 3.93. The molecule has 2 atom stereocenters. The largest absolute Gasteiger partial charge is 0.375 e. The van der Waals surface area contributed by atoms with Gasteiger partial charge in [0, 0.05) is 38.6 Å². The number of amides is 2. The van der Waals surface area contributed by atoms with E-state index in [9.17, 15) is 9.59 Å². The van der Waals surface area contributed by atoms with Gasteiger partial charge in [-0.25, -0.2) is 0 Å². The quantitative estimate of drug-likeness (QED) is 0.800. The van der Waals surface area contributed by atoms with Crippen molar-refractivity contribution < 1.29 is 14.3 Å². The smallest absolute Gasteiger partial charge is 0.242 e. The van der Waals surface area contributed by atoms with E-state index in [1.807, 2.05) is 16.7 Å². The van der Waals surface area contributed by atoms with Gasteiger partial charge in [-0.15, -0.1) is 12.4 Å². The number of likely N-dealkylation sites (tertiary alicyclic amines) is 2. The molecule has 0 aromatic carbocycles. The van der Waals surface area contributed by atoms with E-state index in [-0.39, 0.29) is 36.4 Å². The van der Waals surface area contributed by atoms with E-state index in [1.165, 1.54) is 6.42 Å². The number of ether oxygens (including phenoxy) is 1. The number of hydrogen-bond donors (Lipinski definition) is 1. The Morgan fingerprint density at radius 1 is 0.958 bits per heavy atom. The van der Waals surface area contributed by atoms with E-state index >= 15 is 0 Å². The molecule has 3 aliphatic heterocycles. The van der Waals surface area contributed by atoms with E-state index in [4.69, 9.17) is 4.74 Å². The summed E-state index contributed by atoms with van der Waals surface area (Å²) in [6.07, 6.45) is 5.02. The molecule has 0 bridgehead atoms. The summed E-state index contributed by atoms with van der Waals surface area (Å²) >= 11 is 0. The molecule has 0 saturated carbocycles. The number of nitrogens with zero attached hydrogens (tertiary/aromatic N) is 2. The maximum absolute atomic E-state index is 12.6. The Morgan fingerprint density at radius 3 is 2.21 bits per heavy atom. The fraction of sp³-hybridized carbons (Fsp3) is 0.882. The molecule has 0 unspecified atom stereocenters. The Balaban J connectivity index is 0.00000208. The molecule has 3 heterocycles. The second-order valence-corrected chi connectivity index (χ2v) is 6.99. The zero-order valence-electron chi connectivity index (χ0n) is 14.5. The molecule has 6 nitrogen and oxygen atoms in total. The van der Waals surface area contributed by atoms with Gasteiger partial charge in [0.2, 0.25) is 11.8 Å². The molecule has 0 aromatic rings. The van der Waals surface area contributed by atoms with Crippen LogP contribution in [-0.2, 0) is 14.3 Å². The Hall–Kier alpha value is -0.850. The van der Waals surface area contributed by atoms with Gasteiger partial charge in [0.25, 0.3) is 0 Å². The van der Waals surface area contributed by atoms with Crippen LogP contribution in [0.4, 0.5) is 0 Å². The predicted molar refractivity (Wildman–Crippen MR) is 94.2 cm³/mol. The number of morpholine rings is 1. The van der Waals surface area contributed by atoms with Crippen molar-refractivity contribution in [2.75, 3.05) is 39.3 Å². The van der Waals surface area contributed by atoms with Gasteiger partial charge >= 0.3 is 0 Å². The van der Waals surface area contributed by atoms with Gasteiger partial charge in [0.1, 0.15) is 6.04 Å². The first-order valence-electron chi connectivity index (χ1n) is 9.09. The monoisotopic (exact) mass is 359 g/mol. The number of carbonyl (C=O) groups is 2. The zero-order valence-corrected chi connectivity index (χ0v) is 15.4. The molecule has 138 valence electrons. The molecular formula is C17H30ClN3O3. The predicted octanol–water partition coefficient (Wildman–Crippen LogP) is 1.04. The lowest BCUT2D eigenvalue weighted by Crippen LogP contribution is -2.58. The minimum atomic E-state index is -0.238. The maximum Gasteiger partial charge on any atom is 0.242 e. The molecular weight excluding hydrogens is 330 g/mol. The SMILES string of the molecule is C[C@H]1OCCN[C@@H]1C(=O)N1CCC(C(=O)N2CCCCC2)CC1.Cl. The first kappa shape index (κ1) is 19.5. The molecule has 0 aromatic heterocycles. The first-order chi connectivity index (χ1) is 11.2. The van der Waals surface area contributed by atoms with Crippen LogP contribution >= 0.6 is 12.4 Å². The molecule has 3 fully saturated rings. The first-order valence-corrected chi connectivity index (χ1v) is 9.09. The van der Waals surface area contributed by atoms with Crippen molar-refractivity contribution in [3.8, 4) is 0 Å². The third-order valence-electron chi connectivity index (χ3n) is 5.41. The van der Waals surface area contributed by atoms with Crippen LogP contribution in [0.1, 0.15) is 39.0 Å². The third-order valence-corrected chi connectivity index (χ3v) is 5.41. The molecule has 0 spiro atoms. The van der Waals surface area contributed by atoms with Crippen LogP contribution in [-0.4, -0.2) is 73.1 Å². The second kappa shape index (κ2) is 9.02. The van der Waals surface area contributed by atoms with Gasteiger partial charge in [-0.05, 0) is 39.0 Å². The Kier molecular flexibility index (Phi) is 7.32. The van der Waals surface area contributed by atoms with Crippen LogP contribution < -0.4 is 5.32 Å². The number of rotatable bonds is 2. The van der Waals surface area contributed by atoms with Crippen LogP contribution in [0.25, 0.3) is 0 Å². The highest BCUT2D eigenvalue weighted by Crippen LogP contribution is 2.23. The van der Waals surface area contributed by atoms with E-state index in [1.54, 1.807) is 0 Å². The topological polar surface area (TPSA) is 61.9 Å². The molecule has 24 heavy (non-hydrogen) atoms. The summed E-state index contributed by atoms with van der Waals surface area (Å²) in [5.41, 5.74) is 0. The Labute approximate surface area is 150 Å². The molecule has 2 amide bonds. The van der Waals surface area contributed by atoms with Crippen molar-refractivity contribution in [3.63, 3.8) is 0 Å². The average molecular weight is 360 g/mol. The van der Waals surface area contributed by atoms with Crippen LogP contribution in [0.15, 0.2) is 0 Å². The second-order valence-electron chi connectivity index (χ2n) is 6.99. The third kappa shape index (κ3) is 4.41. The average Bonchev–Trinajstić information content (AvgIpc) is 2.62. The van der Waals surface area contributed by atoms with Crippen LogP contribution in [0, 0.1) is 5.92 Å². The molecule has 3 rings (SSSR count). The van der Waals surface area contributed by atoms with Crippen molar-refractivity contribution in [2.45, 2.75) is 51.2 Å². The van der Waals surface area contributed by atoms with Gasteiger partial charge in [0.05, 0.1) is 12.7 Å². The molecule has 1 N–H and O–H groups in total.